The van der Waals surface area contributed by atoms with E-state index in [9.17, 15) is 22.4 Å². The summed E-state index contributed by atoms with van der Waals surface area (Å²) in [5, 5.41) is 4.61. The van der Waals surface area contributed by atoms with Crippen molar-refractivity contribution < 1.29 is 22.4 Å². The summed E-state index contributed by atoms with van der Waals surface area (Å²) in [5.41, 5.74) is 2.29. The van der Waals surface area contributed by atoms with Crippen molar-refractivity contribution in [3.63, 3.8) is 0 Å². The fourth-order valence-corrected chi connectivity index (χ4v) is 5.37. The molecule has 2 saturated heterocycles. The Bertz CT molecular complexity index is 1040. The van der Waals surface area contributed by atoms with Gasteiger partial charge in [0.05, 0.1) is 29.4 Å². The SMILES string of the molecule is CC1(c2c(C(=O)N3CCC(C(F)(F)F)C3)cnn2C2CCN(Cc3ccc(F)cc3)CC2)CC1. The number of hydrogen-bond donors (Lipinski definition) is 0. The third-order valence-corrected chi connectivity index (χ3v) is 7.76. The van der Waals surface area contributed by atoms with Gasteiger partial charge in [0.1, 0.15) is 5.82 Å². The number of hydrogen-bond acceptors (Lipinski definition) is 3. The zero-order valence-corrected chi connectivity index (χ0v) is 19.3. The molecule has 1 unspecified atom stereocenters. The first-order valence-electron chi connectivity index (χ1n) is 12.0. The highest BCUT2D eigenvalue weighted by molar-refractivity contribution is 5.96. The maximum absolute atomic E-state index is 13.3. The van der Waals surface area contributed by atoms with E-state index >= 15 is 0 Å². The minimum Gasteiger partial charge on any atom is -0.338 e. The summed E-state index contributed by atoms with van der Waals surface area (Å²) in [5.74, 6) is -2.01. The summed E-state index contributed by atoms with van der Waals surface area (Å²) in [6.45, 7) is 4.46. The molecule has 0 bridgehead atoms. The second kappa shape index (κ2) is 8.66. The first-order chi connectivity index (χ1) is 16.1. The van der Waals surface area contributed by atoms with Crippen LogP contribution in [0.4, 0.5) is 17.6 Å². The fraction of sp³-hybridized carbons (Fsp3) is 0.600. The maximum Gasteiger partial charge on any atom is 0.393 e. The third kappa shape index (κ3) is 4.59. The number of carbonyl (C=O) groups is 1. The van der Waals surface area contributed by atoms with Crippen molar-refractivity contribution >= 4 is 5.91 Å². The van der Waals surface area contributed by atoms with Gasteiger partial charge in [-0.2, -0.15) is 18.3 Å². The largest absolute Gasteiger partial charge is 0.393 e. The van der Waals surface area contributed by atoms with Crippen LogP contribution in [0.2, 0.25) is 0 Å². The van der Waals surface area contributed by atoms with E-state index in [4.69, 9.17) is 0 Å². The highest BCUT2D eigenvalue weighted by atomic mass is 19.4. The van der Waals surface area contributed by atoms with Crippen molar-refractivity contribution in [2.45, 2.75) is 63.2 Å². The van der Waals surface area contributed by atoms with E-state index in [0.717, 1.165) is 56.6 Å². The number of alkyl halides is 3. The van der Waals surface area contributed by atoms with Crippen LogP contribution in [0.25, 0.3) is 0 Å². The summed E-state index contributed by atoms with van der Waals surface area (Å²) in [4.78, 5) is 16.9. The molecular weight excluding hydrogens is 448 g/mol. The Morgan fingerprint density at radius 3 is 2.35 bits per heavy atom. The lowest BCUT2D eigenvalue weighted by atomic mass is 9.97. The lowest BCUT2D eigenvalue weighted by Crippen LogP contribution is -2.36. The zero-order valence-electron chi connectivity index (χ0n) is 19.3. The molecule has 0 N–H and O–H groups in total. The number of nitrogens with zero attached hydrogens (tertiary/aromatic N) is 4. The van der Waals surface area contributed by atoms with Crippen LogP contribution < -0.4 is 0 Å². The molecule has 2 aliphatic heterocycles. The lowest BCUT2D eigenvalue weighted by molar-refractivity contribution is -0.169. The Hall–Kier alpha value is -2.42. The number of aromatic nitrogens is 2. The summed E-state index contributed by atoms with van der Waals surface area (Å²) in [6, 6.07) is 6.72. The number of piperidine rings is 1. The van der Waals surface area contributed by atoms with Gasteiger partial charge in [0.2, 0.25) is 0 Å². The molecule has 5 rings (SSSR count). The smallest absolute Gasteiger partial charge is 0.338 e. The number of benzene rings is 1. The monoisotopic (exact) mass is 478 g/mol. The van der Waals surface area contributed by atoms with E-state index in [1.807, 2.05) is 4.68 Å². The van der Waals surface area contributed by atoms with Crippen molar-refractivity contribution in [3.05, 3.63) is 53.1 Å². The van der Waals surface area contributed by atoms with Crippen LogP contribution in [-0.2, 0) is 12.0 Å². The van der Waals surface area contributed by atoms with Gasteiger partial charge >= 0.3 is 6.18 Å². The highest BCUT2D eigenvalue weighted by Crippen LogP contribution is 2.50. The Morgan fingerprint density at radius 1 is 1.09 bits per heavy atom. The van der Waals surface area contributed by atoms with E-state index in [1.54, 1.807) is 18.3 Å². The minimum absolute atomic E-state index is 0.0392. The van der Waals surface area contributed by atoms with E-state index in [-0.39, 0.29) is 42.7 Å². The van der Waals surface area contributed by atoms with Crippen LogP contribution in [0.5, 0.6) is 0 Å². The molecule has 1 amide bonds. The summed E-state index contributed by atoms with van der Waals surface area (Å²) >= 11 is 0. The second-order valence-electron chi connectivity index (χ2n) is 10.3. The van der Waals surface area contributed by atoms with Gasteiger partial charge in [0, 0.05) is 38.1 Å². The molecule has 9 heteroatoms. The molecule has 1 atom stereocenters. The van der Waals surface area contributed by atoms with Crippen molar-refractivity contribution in [1.82, 2.24) is 19.6 Å². The summed E-state index contributed by atoms with van der Waals surface area (Å²) < 4.78 is 54.6. The van der Waals surface area contributed by atoms with E-state index in [2.05, 4.69) is 16.9 Å². The normalized spacial score (nSPS) is 23.4. The van der Waals surface area contributed by atoms with Gasteiger partial charge in [-0.15, -0.1) is 0 Å². The number of amides is 1. The highest BCUT2D eigenvalue weighted by Gasteiger charge is 2.48. The molecule has 2 aromatic rings. The number of rotatable bonds is 5. The fourth-order valence-electron chi connectivity index (χ4n) is 5.37. The first-order valence-corrected chi connectivity index (χ1v) is 12.0. The third-order valence-electron chi connectivity index (χ3n) is 7.76. The predicted octanol–water partition coefficient (Wildman–Crippen LogP) is 4.94. The Kier molecular flexibility index (Phi) is 5.94. The topological polar surface area (TPSA) is 41.4 Å². The molecule has 34 heavy (non-hydrogen) atoms. The van der Waals surface area contributed by atoms with Gasteiger partial charge in [-0.1, -0.05) is 19.1 Å². The summed E-state index contributed by atoms with van der Waals surface area (Å²) in [7, 11) is 0. The molecule has 0 radical (unpaired) electrons. The van der Waals surface area contributed by atoms with Crippen molar-refractivity contribution in [2.75, 3.05) is 26.2 Å². The molecular formula is C25H30F4N4O. The first kappa shape index (κ1) is 23.3. The molecule has 3 aliphatic rings. The standard InChI is InChI=1S/C25H30F4N4O/c1-24(9-10-24)22-21(23(34)32-13-6-18(16-32)25(27,28)29)14-30-33(22)20-7-11-31(12-8-20)15-17-2-4-19(26)5-3-17/h2-5,14,18,20H,6-13,15-16H2,1H3. The van der Waals surface area contributed by atoms with Crippen LogP contribution in [0.3, 0.4) is 0 Å². The van der Waals surface area contributed by atoms with E-state index in [0.29, 0.717) is 5.56 Å². The Morgan fingerprint density at radius 2 is 1.76 bits per heavy atom. The van der Waals surface area contributed by atoms with Gasteiger partial charge < -0.3 is 4.90 Å². The Labute approximate surface area is 196 Å². The average Bonchev–Trinajstić information content (AvgIpc) is 3.21. The lowest BCUT2D eigenvalue weighted by Gasteiger charge is -2.33. The van der Waals surface area contributed by atoms with Gasteiger partial charge in [-0.25, -0.2) is 4.39 Å². The van der Waals surface area contributed by atoms with Crippen molar-refractivity contribution in [3.8, 4) is 0 Å². The maximum atomic E-state index is 13.3. The number of carbonyl (C=O) groups excluding carboxylic acids is 1. The van der Waals surface area contributed by atoms with Crippen LogP contribution in [0.15, 0.2) is 30.5 Å². The molecule has 0 spiro atoms. The molecule has 5 nitrogen and oxygen atoms in total. The van der Waals surface area contributed by atoms with Gasteiger partial charge in [0.25, 0.3) is 5.91 Å². The van der Waals surface area contributed by atoms with E-state index in [1.165, 1.54) is 17.0 Å². The molecule has 1 saturated carbocycles. The second-order valence-corrected chi connectivity index (χ2v) is 10.3. The molecule has 184 valence electrons. The van der Waals surface area contributed by atoms with E-state index < -0.39 is 12.1 Å². The van der Waals surface area contributed by atoms with Gasteiger partial charge in [0.15, 0.2) is 0 Å². The van der Waals surface area contributed by atoms with Gasteiger partial charge in [-0.05, 0) is 49.8 Å². The van der Waals surface area contributed by atoms with Gasteiger partial charge in [-0.3, -0.25) is 14.4 Å². The Balaban J connectivity index is 1.29. The van der Waals surface area contributed by atoms with Crippen LogP contribution in [0, 0.1) is 11.7 Å². The minimum atomic E-state index is -4.27. The quantitative estimate of drug-likeness (QED) is 0.572. The predicted molar refractivity (Wildman–Crippen MR) is 119 cm³/mol. The molecule has 1 aromatic heterocycles. The van der Waals surface area contributed by atoms with Crippen LogP contribution in [0.1, 0.15) is 66.7 Å². The molecule has 3 fully saturated rings. The van der Waals surface area contributed by atoms with Crippen molar-refractivity contribution in [2.24, 2.45) is 5.92 Å². The number of halogens is 4. The van der Waals surface area contributed by atoms with Crippen molar-refractivity contribution in [1.29, 1.82) is 0 Å². The molecule has 1 aromatic carbocycles. The summed E-state index contributed by atoms with van der Waals surface area (Å²) in [6.07, 6.45) is 0.919. The van der Waals surface area contributed by atoms with Crippen LogP contribution in [-0.4, -0.2) is 57.8 Å². The average molecular weight is 479 g/mol. The zero-order chi connectivity index (χ0) is 24.1. The van der Waals surface area contributed by atoms with Crippen LogP contribution >= 0.6 is 0 Å². The molecule has 3 heterocycles. The molecule has 1 aliphatic carbocycles. The number of likely N-dealkylation sites (tertiary alicyclic amines) is 2.